The summed E-state index contributed by atoms with van der Waals surface area (Å²) in [7, 11) is -2.06. The van der Waals surface area contributed by atoms with E-state index in [2.05, 4.69) is 4.98 Å². The molecular formula is C12H14N2O3S2. The molecule has 0 bridgehead atoms. The minimum atomic E-state index is -3.60. The largest absolute Gasteiger partial charge is 0.383 e. The minimum Gasteiger partial charge on any atom is -0.383 e. The van der Waals surface area contributed by atoms with Crippen molar-refractivity contribution in [2.45, 2.75) is 4.90 Å². The van der Waals surface area contributed by atoms with Crippen LogP contribution in [0.25, 0.3) is 0 Å². The van der Waals surface area contributed by atoms with Gasteiger partial charge in [-0.1, -0.05) is 18.2 Å². The summed E-state index contributed by atoms with van der Waals surface area (Å²) in [6.07, 6.45) is 1.58. The molecule has 2 rings (SSSR count). The first-order valence-electron chi connectivity index (χ1n) is 5.62. The lowest BCUT2D eigenvalue weighted by molar-refractivity contribution is 0.208. The van der Waals surface area contributed by atoms with Gasteiger partial charge in [0.2, 0.25) is 0 Å². The minimum absolute atomic E-state index is 0.237. The van der Waals surface area contributed by atoms with Gasteiger partial charge in [-0.2, -0.15) is 0 Å². The summed E-state index contributed by atoms with van der Waals surface area (Å²) in [5.41, 5.74) is 0. The van der Waals surface area contributed by atoms with E-state index in [9.17, 15) is 8.42 Å². The van der Waals surface area contributed by atoms with Gasteiger partial charge in [0.25, 0.3) is 10.0 Å². The van der Waals surface area contributed by atoms with Crippen LogP contribution in [0, 0.1) is 0 Å². The zero-order chi connectivity index (χ0) is 13.7. The number of rotatable bonds is 6. The number of anilines is 1. The highest BCUT2D eigenvalue weighted by molar-refractivity contribution is 7.93. The molecule has 102 valence electrons. The molecule has 5 nitrogen and oxygen atoms in total. The van der Waals surface area contributed by atoms with Crippen molar-refractivity contribution in [3.63, 3.8) is 0 Å². The molecule has 19 heavy (non-hydrogen) atoms. The summed E-state index contributed by atoms with van der Waals surface area (Å²) >= 11 is 1.28. The fraction of sp³-hybridized carbons (Fsp3) is 0.250. The highest BCUT2D eigenvalue weighted by Crippen LogP contribution is 2.24. The fourth-order valence-electron chi connectivity index (χ4n) is 1.55. The Balaban J connectivity index is 2.38. The van der Waals surface area contributed by atoms with Crippen LogP contribution in [0.3, 0.4) is 0 Å². The molecule has 0 fully saturated rings. The van der Waals surface area contributed by atoms with Crippen molar-refractivity contribution < 1.29 is 13.2 Å². The van der Waals surface area contributed by atoms with Gasteiger partial charge in [-0.3, -0.25) is 0 Å². The molecule has 7 heteroatoms. The maximum absolute atomic E-state index is 12.6. The van der Waals surface area contributed by atoms with E-state index >= 15 is 0 Å². The molecule has 0 saturated carbocycles. The molecule has 0 aliphatic heterocycles. The van der Waals surface area contributed by atoms with Gasteiger partial charge < -0.3 is 4.74 Å². The van der Waals surface area contributed by atoms with Crippen LogP contribution in [0.5, 0.6) is 0 Å². The quantitative estimate of drug-likeness (QED) is 0.818. The molecule has 0 unspecified atom stereocenters. The van der Waals surface area contributed by atoms with E-state index in [1.807, 2.05) is 0 Å². The molecule has 0 atom stereocenters. The maximum Gasteiger partial charge on any atom is 0.266 e. The number of hydrogen-bond acceptors (Lipinski definition) is 5. The Morgan fingerprint density at radius 2 is 2.05 bits per heavy atom. The molecule has 0 N–H and O–H groups in total. The van der Waals surface area contributed by atoms with E-state index in [1.54, 1.807) is 41.9 Å². The summed E-state index contributed by atoms with van der Waals surface area (Å²) in [5.74, 6) is 0. The monoisotopic (exact) mass is 298 g/mol. The predicted octanol–water partition coefficient (Wildman–Crippen LogP) is 1.98. The first-order valence-corrected chi connectivity index (χ1v) is 7.94. The Kier molecular flexibility index (Phi) is 4.52. The molecule has 1 heterocycles. The average molecular weight is 298 g/mol. The van der Waals surface area contributed by atoms with Crippen molar-refractivity contribution in [1.29, 1.82) is 0 Å². The number of hydrogen-bond donors (Lipinski definition) is 0. The van der Waals surface area contributed by atoms with Crippen LogP contribution < -0.4 is 4.31 Å². The van der Waals surface area contributed by atoms with Crippen molar-refractivity contribution in [3.8, 4) is 0 Å². The van der Waals surface area contributed by atoms with Gasteiger partial charge in [0.15, 0.2) is 5.13 Å². The second kappa shape index (κ2) is 6.14. The van der Waals surface area contributed by atoms with Gasteiger partial charge >= 0.3 is 0 Å². The number of ether oxygens (including phenoxy) is 1. The Morgan fingerprint density at radius 3 is 2.63 bits per heavy atom. The Bertz CT molecular complexity index is 597. The zero-order valence-corrected chi connectivity index (χ0v) is 12.0. The second-order valence-electron chi connectivity index (χ2n) is 3.70. The van der Waals surface area contributed by atoms with Gasteiger partial charge in [-0.25, -0.2) is 17.7 Å². The van der Waals surface area contributed by atoms with E-state index in [0.717, 1.165) is 0 Å². The van der Waals surface area contributed by atoms with Crippen LogP contribution in [0.1, 0.15) is 0 Å². The van der Waals surface area contributed by atoms with Crippen LogP contribution in [0.2, 0.25) is 0 Å². The van der Waals surface area contributed by atoms with Crippen molar-refractivity contribution in [2.24, 2.45) is 0 Å². The summed E-state index contributed by atoms with van der Waals surface area (Å²) in [4.78, 5) is 4.32. The van der Waals surface area contributed by atoms with Crippen molar-refractivity contribution in [3.05, 3.63) is 41.9 Å². The SMILES string of the molecule is COCCN(c1nccs1)S(=O)(=O)c1ccccc1. The smallest absolute Gasteiger partial charge is 0.266 e. The van der Waals surface area contributed by atoms with E-state index in [1.165, 1.54) is 22.8 Å². The predicted molar refractivity (Wildman–Crippen MR) is 75.0 cm³/mol. The third-order valence-electron chi connectivity index (χ3n) is 2.46. The molecule has 0 spiro atoms. The van der Waals surface area contributed by atoms with Gasteiger partial charge in [-0.15, -0.1) is 11.3 Å². The van der Waals surface area contributed by atoms with E-state index < -0.39 is 10.0 Å². The van der Waals surface area contributed by atoms with Gasteiger partial charge in [0.05, 0.1) is 18.0 Å². The summed E-state index contributed by atoms with van der Waals surface area (Å²) in [6, 6.07) is 8.32. The highest BCUT2D eigenvalue weighted by atomic mass is 32.2. The number of sulfonamides is 1. The number of thiazole rings is 1. The van der Waals surface area contributed by atoms with Gasteiger partial charge in [0.1, 0.15) is 0 Å². The standard InChI is InChI=1S/C12H14N2O3S2/c1-17-9-8-14(12-13-7-10-18-12)19(15,16)11-5-3-2-4-6-11/h2-7,10H,8-9H2,1H3. The Morgan fingerprint density at radius 1 is 1.32 bits per heavy atom. The van der Waals surface area contributed by atoms with Crippen LogP contribution in [-0.4, -0.2) is 33.7 Å². The van der Waals surface area contributed by atoms with Gasteiger partial charge in [-0.05, 0) is 12.1 Å². The summed E-state index contributed by atoms with van der Waals surface area (Å²) in [5, 5.41) is 2.19. The highest BCUT2D eigenvalue weighted by Gasteiger charge is 2.26. The lowest BCUT2D eigenvalue weighted by atomic mass is 10.4. The summed E-state index contributed by atoms with van der Waals surface area (Å²) in [6.45, 7) is 0.548. The molecule has 0 saturated heterocycles. The van der Waals surface area contributed by atoms with Gasteiger partial charge in [0, 0.05) is 18.7 Å². The summed E-state index contributed by atoms with van der Waals surface area (Å²) < 4.78 is 31.4. The number of benzene rings is 1. The van der Waals surface area contributed by atoms with Crippen LogP contribution in [0.15, 0.2) is 46.8 Å². The van der Waals surface area contributed by atoms with E-state index in [0.29, 0.717) is 11.7 Å². The van der Waals surface area contributed by atoms with E-state index in [4.69, 9.17) is 4.74 Å². The Hall–Kier alpha value is -1.44. The molecule has 0 aliphatic rings. The number of methoxy groups -OCH3 is 1. The third-order valence-corrected chi connectivity index (χ3v) is 5.18. The van der Waals surface area contributed by atoms with Crippen LogP contribution in [-0.2, 0) is 14.8 Å². The Labute approximate surface area is 116 Å². The number of nitrogens with zero attached hydrogens (tertiary/aromatic N) is 2. The molecular weight excluding hydrogens is 284 g/mol. The molecule has 0 radical (unpaired) electrons. The molecule has 2 aromatic rings. The van der Waals surface area contributed by atoms with Crippen LogP contribution in [0.4, 0.5) is 5.13 Å². The normalized spacial score (nSPS) is 11.4. The van der Waals surface area contributed by atoms with Crippen LogP contribution >= 0.6 is 11.3 Å². The molecule has 1 aromatic carbocycles. The third kappa shape index (κ3) is 3.12. The van der Waals surface area contributed by atoms with E-state index in [-0.39, 0.29) is 11.4 Å². The lowest BCUT2D eigenvalue weighted by Crippen LogP contribution is -2.33. The topological polar surface area (TPSA) is 59.5 Å². The average Bonchev–Trinajstić information content (AvgIpc) is 2.94. The molecule has 0 amide bonds. The first-order chi connectivity index (χ1) is 9.16. The fourth-order valence-corrected chi connectivity index (χ4v) is 3.87. The van der Waals surface area contributed by atoms with Crippen molar-refractivity contribution in [1.82, 2.24) is 4.98 Å². The number of aromatic nitrogens is 1. The van der Waals surface area contributed by atoms with Crippen molar-refractivity contribution >= 4 is 26.5 Å². The zero-order valence-electron chi connectivity index (χ0n) is 10.4. The molecule has 0 aliphatic carbocycles. The van der Waals surface area contributed by atoms with Crippen molar-refractivity contribution in [2.75, 3.05) is 24.6 Å². The molecule has 1 aromatic heterocycles. The second-order valence-corrected chi connectivity index (χ2v) is 6.43. The maximum atomic E-state index is 12.6. The first kappa shape index (κ1) is 14.0. The lowest BCUT2D eigenvalue weighted by Gasteiger charge is -2.21.